The highest BCUT2D eigenvalue weighted by Gasteiger charge is 2.06. The van der Waals surface area contributed by atoms with Crippen molar-refractivity contribution in [3.05, 3.63) is 48.0 Å². The van der Waals surface area contributed by atoms with Gasteiger partial charge < -0.3 is 24.8 Å². The molecule has 0 spiro atoms. The molecule has 2 N–H and O–H groups in total. The Hall–Kier alpha value is -2.47. The summed E-state index contributed by atoms with van der Waals surface area (Å²) >= 11 is 5.34. The summed E-state index contributed by atoms with van der Waals surface area (Å²) in [6.45, 7) is 0.720. The van der Waals surface area contributed by atoms with E-state index in [1.165, 1.54) is 5.56 Å². The molecule has 5 nitrogen and oxygen atoms in total. The van der Waals surface area contributed by atoms with Gasteiger partial charge in [0.05, 0.1) is 27.0 Å². The molecule has 2 aromatic rings. The second-order valence-corrected chi connectivity index (χ2v) is 5.46. The van der Waals surface area contributed by atoms with Crippen LogP contribution in [-0.4, -0.2) is 33.0 Å². The fourth-order valence-corrected chi connectivity index (χ4v) is 2.43. The Kier molecular flexibility index (Phi) is 6.69. The predicted molar refractivity (Wildman–Crippen MR) is 100 cm³/mol. The second kappa shape index (κ2) is 8.98. The van der Waals surface area contributed by atoms with Crippen molar-refractivity contribution in [3.63, 3.8) is 0 Å². The summed E-state index contributed by atoms with van der Waals surface area (Å²) in [5.74, 6) is 2.26. The van der Waals surface area contributed by atoms with Crippen LogP contribution in [-0.2, 0) is 6.42 Å². The summed E-state index contributed by atoms with van der Waals surface area (Å²) in [4.78, 5) is 0. The minimum Gasteiger partial charge on any atom is -0.497 e. The summed E-state index contributed by atoms with van der Waals surface area (Å²) in [5, 5.41) is 6.87. The molecule has 0 aliphatic rings. The summed E-state index contributed by atoms with van der Waals surface area (Å²) in [7, 11) is 4.89. The van der Waals surface area contributed by atoms with Crippen LogP contribution in [0.2, 0.25) is 0 Å². The number of hydrogen-bond donors (Lipinski definition) is 2. The largest absolute Gasteiger partial charge is 0.497 e. The monoisotopic (exact) mass is 346 g/mol. The molecule has 0 heterocycles. The maximum absolute atomic E-state index is 5.34. The molecule has 2 rings (SSSR count). The first-order valence-electron chi connectivity index (χ1n) is 7.56. The molecule has 0 aliphatic heterocycles. The number of anilines is 1. The van der Waals surface area contributed by atoms with E-state index in [2.05, 4.69) is 16.7 Å². The van der Waals surface area contributed by atoms with Crippen LogP contribution in [0.25, 0.3) is 0 Å². The van der Waals surface area contributed by atoms with Crippen LogP contribution in [0.15, 0.2) is 42.5 Å². The number of hydrogen-bond acceptors (Lipinski definition) is 4. The molecule has 0 saturated heterocycles. The van der Waals surface area contributed by atoms with E-state index < -0.39 is 0 Å². The Labute approximate surface area is 147 Å². The summed E-state index contributed by atoms with van der Waals surface area (Å²) in [5.41, 5.74) is 1.98. The van der Waals surface area contributed by atoms with Gasteiger partial charge in [-0.1, -0.05) is 12.1 Å². The Morgan fingerprint density at radius 1 is 0.958 bits per heavy atom. The molecule has 0 amide bonds. The molecule has 0 fully saturated rings. The van der Waals surface area contributed by atoms with Gasteiger partial charge in [-0.05, 0) is 48.5 Å². The SMILES string of the molecule is COc1cccc(CCNC(=S)Nc2ccc(OC)cc2OC)c1. The highest BCUT2D eigenvalue weighted by atomic mass is 32.1. The van der Waals surface area contributed by atoms with Crippen LogP contribution in [0, 0.1) is 0 Å². The van der Waals surface area contributed by atoms with Crippen molar-refractivity contribution < 1.29 is 14.2 Å². The fraction of sp³-hybridized carbons (Fsp3) is 0.278. The van der Waals surface area contributed by atoms with Gasteiger partial charge in [0.25, 0.3) is 0 Å². The molecule has 0 aliphatic carbocycles. The van der Waals surface area contributed by atoms with E-state index in [-0.39, 0.29) is 0 Å². The lowest BCUT2D eigenvalue weighted by molar-refractivity contribution is 0.395. The minimum absolute atomic E-state index is 0.543. The van der Waals surface area contributed by atoms with E-state index in [1.807, 2.05) is 30.3 Å². The number of thiocarbonyl (C=S) groups is 1. The molecule has 0 radical (unpaired) electrons. The third-order valence-corrected chi connectivity index (χ3v) is 3.74. The van der Waals surface area contributed by atoms with Gasteiger partial charge >= 0.3 is 0 Å². The van der Waals surface area contributed by atoms with Gasteiger partial charge in [-0.2, -0.15) is 0 Å². The Morgan fingerprint density at radius 3 is 2.42 bits per heavy atom. The summed E-state index contributed by atoms with van der Waals surface area (Å²) in [6.07, 6.45) is 0.846. The van der Waals surface area contributed by atoms with Crippen LogP contribution >= 0.6 is 12.2 Å². The Balaban J connectivity index is 1.87. The van der Waals surface area contributed by atoms with Crippen molar-refractivity contribution in [2.45, 2.75) is 6.42 Å². The van der Waals surface area contributed by atoms with E-state index in [4.69, 9.17) is 26.4 Å². The van der Waals surface area contributed by atoms with Gasteiger partial charge in [-0.15, -0.1) is 0 Å². The molecule has 0 atom stereocenters. The summed E-state index contributed by atoms with van der Waals surface area (Å²) < 4.78 is 15.8. The molecule has 24 heavy (non-hydrogen) atoms. The molecule has 6 heteroatoms. The normalized spacial score (nSPS) is 9.96. The molecule has 0 saturated carbocycles. The highest BCUT2D eigenvalue weighted by Crippen LogP contribution is 2.28. The van der Waals surface area contributed by atoms with Crippen molar-refractivity contribution in [1.29, 1.82) is 0 Å². The molecule has 0 aromatic heterocycles. The fourth-order valence-electron chi connectivity index (χ4n) is 2.22. The third-order valence-electron chi connectivity index (χ3n) is 3.49. The Morgan fingerprint density at radius 2 is 1.71 bits per heavy atom. The van der Waals surface area contributed by atoms with Crippen LogP contribution in [0.4, 0.5) is 5.69 Å². The van der Waals surface area contributed by atoms with Crippen molar-refractivity contribution >= 4 is 23.0 Å². The number of nitrogens with one attached hydrogen (secondary N) is 2. The van der Waals surface area contributed by atoms with Crippen LogP contribution in [0.3, 0.4) is 0 Å². The maximum atomic E-state index is 5.34. The predicted octanol–water partition coefficient (Wildman–Crippen LogP) is 3.24. The number of ether oxygens (including phenoxy) is 3. The van der Waals surface area contributed by atoms with Crippen molar-refractivity contribution in [1.82, 2.24) is 5.32 Å². The first-order chi connectivity index (χ1) is 11.7. The first kappa shape index (κ1) is 17.9. The number of benzene rings is 2. The zero-order valence-electron chi connectivity index (χ0n) is 14.1. The van der Waals surface area contributed by atoms with E-state index in [0.29, 0.717) is 10.9 Å². The maximum Gasteiger partial charge on any atom is 0.170 e. The zero-order chi connectivity index (χ0) is 17.4. The van der Waals surface area contributed by atoms with E-state index in [9.17, 15) is 0 Å². The van der Waals surface area contributed by atoms with Gasteiger partial charge in [0.15, 0.2) is 5.11 Å². The number of rotatable bonds is 7. The molecule has 2 aromatic carbocycles. The molecule has 0 bridgehead atoms. The van der Waals surface area contributed by atoms with Crippen molar-refractivity contribution in [2.75, 3.05) is 33.2 Å². The van der Waals surface area contributed by atoms with E-state index in [0.717, 1.165) is 30.2 Å². The van der Waals surface area contributed by atoms with Crippen LogP contribution < -0.4 is 24.8 Å². The summed E-state index contributed by atoms with van der Waals surface area (Å²) in [6, 6.07) is 13.5. The van der Waals surface area contributed by atoms with Gasteiger partial charge in [0.2, 0.25) is 0 Å². The minimum atomic E-state index is 0.543. The van der Waals surface area contributed by atoms with Crippen molar-refractivity contribution in [3.8, 4) is 17.2 Å². The van der Waals surface area contributed by atoms with Gasteiger partial charge in [0, 0.05) is 12.6 Å². The van der Waals surface area contributed by atoms with Gasteiger partial charge in [0.1, 0.15) is 17.2 Å². The lowest BCUT2D eigenvalue weighted by Crippen LogP contribution is -2.30. The second-order valence-electron chi connectivity index (χ2n) is 5.05. The highest BCUT2D eigenvalue weighted by molar-refractivity contribution is 7.80. The average molecular weight is 346 g/mol. The molecular weight excluding hydrogens is 324 g/mol. The lowest BCUT2D eigenvalue weighted by atomic mass is 10.1. The lowest BCUT2D eigenvalue weighted by Gasteiger charge is -2.14. The molecule has 0 unspecified atom stereocenters. The van der Waals surface area contributed by atoms with Crippen molar-refractivity contribution in [2.24, 2.45) is 0 Å². The number of methoxy groups -OCH3 is 3. The third kappa shape index (κ3) is 5.03. The van der Waals surface area contributed by atoms with Crippen LogP contribution in [0.5, 0.6) is 17.2 Å². The van der Waals surface area contributed by atoms with Gasteiger partial charge in [-0.3, -0.25) is 0 Å². The molecule has 128 valence electrons. The standard InChI is InChI=1S/C18H22N2O3S/c1-21-14-6-4-5-13(11-14)9-10-19-18(24)20-16-8-7-15(22-2)12-17(16)23-3/h4-8,11-12H,9-10H2,1-3H3,(H2,19,20,24). The van der Waals surface area contributed by atoms with Crippen LogP contribution in [0.1, 0.15) is 5.56 Å². The first-order valence-corrected chi connectivity index (χ1v) is 7.97. The Bertz CT molecular complexity index is 692. The average Bonchev–Trinajstić information content (AvgIpc) is 2.62. The topological polar surface area (TPSA) is 51.8 Å². The smallest absolute Gasteiger partial charge is 0.170 e. The zero-order valence-corrected chi connectivity index (χ0v) is 14.9. The van der Waals surface area contributed by atoms with E-state index >= 15 is 0 Å². The van der Waals surface area contributed by atoms with Gasteiger partial charge in [-0.25, -0.2) is 0 Å². The van der Waals surface area contributed by atoms with E-state index in [1.54, 1.807) is 27.4 Å². The quantitative estimate of drug-likeness (QED) is 0.751. The molecular formula is C18H22N2O3S.